The molecule has 3 aromatic rings. The van der Waals surface area contributed by atoms with Crippen molar-refractivity contribution in [3.8, 4) is 0 Å². The molecule has 0 saturated carbocycles. The summed E-state index contributed by atoms with van der Waals surface area (Å²) in [7, 11) is 0. The van der Waals surface area contributed by atoms with Crippen LogP contribution in [0.1, 0.15) is 54.2 Å². The molecule has 1 saturated heterocycles. The monoisotopic (exact) mass is 366 g/mol. The summed E-state index contributed by atoms with van der Waals surface area (Å²) < 4.78 is 1.94. The number of rotatable bonds is 2. The largest absolute Gasteiger partial charge is 0.322 e. The van der Waals surface area contributed by atoms with Crippen LogP contribution in [0.2, 0.25) is 0 Å². The summed E-state index contributed by atoms with van der Waals surface area (Å²) in [5.74, 6) is 0. The molecule has 0 spiro atoms. The number of H-pyrrole nitrogens is 1. The number of aryl methyl sites for hydroxylation is 3. The average Bonchev–Trinajstić information content (AvgIpc) is 3.14. The minimum absolute atomic E-state index is 0.0548. The Kier molecular flexibility index (Phi) is 4.59. The van der Waals surface area contributed by atoms with E-state index >= 15 is 0 Å². The van der Waals surface area contributed by atoms with Gasteiger partial charge >= 0.3 is 6.03 Å². The fourth-order valence-electron chi connectivity index (χ4n) is 4.17. The van der Waals surface area contributed by atoms with Gasteiger partial charge in [-0.3, -0.25) is 5.10 Å². The molecule has 0 bridgehead atoms. The molecule has 1 aliphatic rings. The van der Waals surface area contributed by atoms with Gasteiger partial charge in [-0.2, -0.15) is 5.10 Å². The van der Waals surface area contributed by atoms with E-state index in [-0.39, 0.29) is 12.1 Å². The number of likely N-dealkylation sites (tertiary alicyclic amines) is 1. The fraction of sp³-hybridized carbons (Fsp3) is 0.450. The summed E-state index contributed by atoms with van der Waals surface area (Å²) in [6.07, 6.45) is 9.84. The number of hydrogen-bond donors (Lipinski definition) is 2. The molecule has 1 aliphatic heterocycles. The normalized spacial score (nSPS) is 17.9. The number of imidazole rings is 1. The fourth-order valence-corrected chi connectivity index (χ4v) is 4.17. The number of carbonyl (C=O) groups is 1. The Balaban J connectivity index is 1.62. The summed E-state index contributed by atoms with van der Waals surface area (Å²) in [6.45, 7) is 6.81. The summed E-state index contributed by atoms with van der Waals surface area (Å²) in [5, 5.41) is 10.5. The van der Waals surface area contributed by atoms with Crippen molar-refractivity contribution in [3.05, 3.63) is 47.2 Å². The summed E-state index contributed by atoms with van der Waals surface area (Å²) >= 11 is 0. The van der Waals surface area contributed by atoms with Crippen molar-refractivity contribution in [2.75, 3.05) is 11.9 Å². The Morgan fingerprint density at radius 3 is 2.89 bits per heavy atom. The van der Waals surface area contributed by atoms with Gasteiger partial charge in [-0.15, -0.1) is 0 Å². The van der Waals surface area contributed by atoms with Gasteiger partial charge < -0.3 is 14.6 Å². The van der Waals surface area contributed by atoms with Gasteiger partial charge in [0.2, 0.25) is 0 Å². The molecule has 3 aromatic heterocycles. The maximum atomic E-state index is 13.2. The van der Waals surface area contributed by atoms with Gasteiger partial charge in [-0.1, -0.05) is 12.8 Å². The molecule has 2 amide bonds. The van der Waals surface area contributed by atoms with Gasteiger partial charge in [0.1, 0.15) is 5.65 Å². The highest BCUT2D eigenvalue weighted by atomic mass is 16.2. The lowest BCUT2D eigenvalue weighted by molar-refractivity contribution is 0.189. The first-order valence-electron chi connectivity index (χ1n) is 9.57. The third-order valence-electron chi connectivity index (χ3n) is 5.45. The van der Waals surface area contributed by atoms with Crippen molar-refractivity contribution in [3.63, 3.8) is 0 Å². The van der Waals surface area contributed by atoms with Gasteiger partial charge in [0.25, 0.3) is 0 Å². The molecular formula is C20H26N6O. The zero-order valence-electron chi connectivity index (χ0n) is 16.1. The number of aromatic amines is 1. The van der Waals surface area contributed by atoms with E-state index in [0.717, 1.165) is 66.1 Å². The first-order valence-corrected chi connectivity index (χ1v) is 9.57. The number of aromatic nitrogens is 4. The maximum Gasteiger partial charge on any atom is 0.322 e. The van der Waals surface area contributed by atoms with Crippen LogP contribution in [0.5, 0.6) is 0 Å². The van der Waals surface area contributed by atoms with Gasteiger partial charge in [0.15, 0.2) is 0 Å². The molecule has 1 atom stereocenters. The molecule has 4 rings (SSSR count). The quantitative estimate of drug-likeness (QED) is 0.716. The SMILES string of the molecule is Cc1n[nH]c(C)c1C1CCCCCN1C(=O)Nc1cc(C)c2nccn2c1. The van der Waals surface area contributed by atoms with Crippen LogP contribution < -0.4 is 5.32 Å². The highest BCUT2D eigenvalue weighted by molar-refractivity contribution is 5.90. The van der Waals surface area contributed by atoms with Crippen molar-refractivity contribution in [2.45, 2.75) is 52.5 Å². The zero-order chi connectivity index (χ0) is 19.0. The van der Waals surface area contributed by atoms with E-state index < -0.39 is 0 Å². The molecule has 0 aromatic carbocycles. The molecule has 7 nitrogen and oxygen atoms in total. The van der Waals surface area contributed by atoms with Gasteiger partial charge in [0, 0.05) is 36.4 Å². The standard InChI is InChI=1S/C20H26N6O/c1-13-11-16(12-25-10-8-21-19(13)25)22-20(27)26-9-6-4-5-7-17(26)18-14(2)23-24-15(18)3/h8,10-12,17H,4-7,9H2,1-3H3,(H,22,27)(H,23,24). The minimum Gasteiger partial charge on any atom is -0.317 e. The second kappa shape index (κ2) is 7.06. The van der Waals surface area contributed by atoms with Crippen LogP contribution in [0.4, 0.5) is 10.5 Å². The number of nitrogens with one attached hydrogen (secondary N) is 2. The third kappa shape index (κ3) is 3.29. The van der Waals surface area contributed by atoms with Crippen molar-refractivity contribution in [1.82, 2.24) is 24.5 Å². The average molecular weight is 366 g/mol. The Bertz CT molecular complexity index is 953. The van der Waals surface area contributed by atoms with Crippen LogP contribution in [0.3, 0.4) is 0 Å². The summed E-state index contributed by atoms with van der Waals surface area (Å²) in [6, 6.07) is 1.98. The Hall–Kier alpha value is -2.83. The van der Waals surface area contributed by atoms with Crippen molar-refractivity contribution in [2.24, 2.45) is 0 Å². The smallest absolute Gasteiger partial charge is 0.317 e. The number of pyridine rings is 1. The second-order valence-corrected chi connectivity index (χ2v) is 7.41. The number of urea groups is 1. The highest BCUT2D eigenvalue weighted by Gasteiger charge is 2.30. The van der Waals surface area contributed by atoms with E-state index in [1.807, 2.05) is 48.5 Å². The van der Waals surface area contributed by atoms with Crippen molar-refractivity contribution in [1.29, 1.82) is 0 Å². The second-order valence-electron chi connectivity index (χ2n) is 7.41. The van der Waals surface area contributed by atoms with Crippen LogP contribution in [-0.2, 0) is 0 Å². The number of carbonyl (C=O) groups excluding carboxylic acids is 1. The van der Waals surface area contributed by atoms with Crippen LogP contribution in [-0.4, -0.2) is 37.1 Å². The Labute approximate surface area is 158 Å². The molecule has 1 unspecified atom stereocenters. The van der Waals surface area contributed by atoms with Crippen molar-refractivity contribution >= 4 is 17.4 Å². The minimum atomic E-state index is -0.0548. The van der Waals surface area contributed by atoms with E-state index in [1.54, 1.807) is 6.20 Å². The molecule has 4 heterocycles. The predicted molar refractivity (Wildman–Crippen MR) is 105 cm³/mol. The van der Waals surface area contributed by atoms with E-state index in [4.69, 9.17) is 0 Å². The van der Waals surface area contributed by atoms with Crippen LogP contribution in [0.25, 0.3) is 5.65 Å². The first kappa shape index (κ1) is 17.6. The lowest BCUT2D eigenvalue weighted by Gasteiger charge is -2.30. The first-order chi connectivity index (χ1) is 13.0. The van der Waals surface area contributed by atoms with Gasteiger partial charge in [-0.25, -0.2) is 9.78 Å². The van der Waals surface area contributed by atoms with Crippen LogP contribution >= 0.6 is 0 Å². The van der Waals surface area contributed by atoms with Crippen LogP contribution in [0.15, 0.2) is 24.7 Å². The topological polar surface area (TPSA) is 78.3 Å². The summed E-state index contributed by atoms with van der Waals surface area (Å²) in [5.41, 5.74) is 5.91. The maximum absolute atomic E-state index is 13.2. The molecule has 1 fully saturated rings. The lowest BCUT2D eigenvalue weighted by Crippen LogP contribution is -2.38. The molecule has 7 heteroatoms. The summed E-state index contributed by atoms with van der Waals surface area (Å²) in [4.78, 5) is 19.5. The van der Waals surface area contributed by atoms with E-state index in [1.165, 1.54) is 0 Å². The van der Waals surface area contributed by atoms with Crippen molar-refractivity contribution < 1.29 is 4.79 Å². The Morgan fingerprint density at radius 1 is 1.26 bits per heavy atom. The predicted octanol–water partition coefficient (Wildman–Crippen LogP) is 4.13. The third-order valence-corrected chi connectivity index (χ3v) is 5.45. The number of nitrogens with zero attached hydrogens (tertiary/aromatic N) is 4. The number of hydrogen-bond acceptors (Lipinski definition) is 3. The van der Waals surface area contributed by atoms with E-state index in [0.29, 0.717) is 0 Å². The zero-order valence-corrected chi connectivity index (χ0v) is 16.1. The lowest BCUT2D eigenvalue weighted by atomic mass is 9.99. The van der Waals surface area contributed by atoms with Gasteiger partial charge in [-0.05, 0) is 45.2 Å². The number of anilines is 1. The van der Waals surface area contributed by atoms with Gasteiger partial charge in [0.05, 0.1) is 17.4 Å². The van der Waals surface area contributed by atoms with Crippen LogP contribution in [0, 0.1) is 20.8 Å². The van der Waals surface area contributed by atoms with E-state index in [2.05, 4.69) is 20.5 Å². The molecule has 0 radical (unpaired) electrons. The Morgan fingerprint density at radius 2 is 2.11 bits per heavy atom. The molecule has 27 heavy (non-hydrogen) atoms. The molecular weight excluding hydrogens is 340 g/mol. The highest BCUT2D eigenvalue weighted by Crippen LogP contribution is 2.33. The molecule has 2 N–H and O–H groups in total. The molecule has 142 valence electrons. The molecule has 0 aliphatic carbocycles. The van der Waals surface area contributed by atoms with E-state index in [9.17, 15) is 4.79 Å². The number of amides is 2. The number of fused-ring (bicyclic) bond motifs is 1.